The van der Waals surface area contributed by atoms with Gasteiger partial charge in [-0.15, -0.1) is 0 Å². The maximum atomic E-state index is 14.2. The number of esters is 2. The summed E-state index contributed by atoms with van der Waals surface area (Å²) >= 11 is 0. The fourth-order valence-corrected chi connectivity index (χ4v) is 10.3. The van der Waals surface area contributed by atoms with E-state index in [4.69, 9.17) is 23.1 Å². The van der Waals surface area contributed by atoms with Gasteiger partial charge >= 0.3 is 11.9 Å². The van der Waals surface area contributed by atoms with E-state index in [2.05, 4.69) is 106 Å². The van der Waals surface area contributed by atoms with Gasteiger partial charge in [-0.25, -0.2) is 9.59 Å². The van der Waals surface area contributed by atoms with Crippen LogP contribution in [-0.4, -0.2) is 60.0 Å². The Balaban J connectivity index is 1.69. The lowest BCUT2D eigenvalue weighted by molar-refractivity contribution is -0.180. The largest absolute Gasteiger partial charge is 0.478 e. The Bertz CT molecular complexity index is 1440. The van der Waals surface area contributed by atoms with Crippen LogP contribution in [0.3, 0.4) is 0 Å². The molecule has 2 radical (unpaired) electrons. The van der Waals surface area contributed by atoms with Crippen LogP contribution in [-0.2, 0) is 27.9 Å². The second kappa shape index (κ2) is 16.4. The molecule has 0 saturated carbocycles. The average Bonchev–Trinajstić information content (AvgIpc) is 3.00. The molecule has 9 atom stereocenters. The summed E-state index contributed by atoms with van der Waals surface area (Å²) in [4.78, 5) is 27.7. The van der Waals surface area contributed by atoms with Crippen LogP contribution in [0.1, 0.15) is 98.6 Å². The highest BCUT2D eigenvalue weighted by atomic mass is 28.3. The lowest BCUT2D eigenvalue weighted by atomic mass is 9.59. The van der Waals surface area contributed by atoms with Crippen molar-refractivity contribution in [1.29, 1.82) is 0 Å². The summed E-state index contributed by atoms with van der Waals surface area (Å²) in [6.07, 6.45) is 8.29. The molecule has 0 aromatic heterocycles. The number of carbonyl (C=O) groups excluding carboxylic acids is 2. The van der Waals surface area contributed by atoms with Gasteiger partial charge in [0, 0.05) is 17.8 Å². The molecule has 0 spiro atoms. The fourth-order valence-electron chi connectivity index (χ4n) is 8.37. The maximum absolute atomic E-state index is 14.2. The molecule has 0 amide bonds. The summed E-state index contributed by atoms with van der Waals surface area (Å²) in [6.45, 7) is 30.1. The van der Waals surface area contributed by atoms with E-state index in [9.17, 15) is 9.59 Å². The minimum atomic E-state index is -1.20. The standard InChI is InChI=1S/C42H66O7Si2/c1-15-33(46-34-19-16-26(2)22-27(34)3)38(43)47-35-24-30(40(5,6)7)23-29-18-17-28(4)42(36(29)35,49-51(13)14)21-20-31-25-32(41(8,9)10)37(39(44)45-31)48-50(11)12/h16-19,22-23,28,30-33,35-37H,15,20-21,24-25H2,1-14H3/t28-,30+,31+,32-,33?,35-,36+,37?,42-/m0/s1. The molecule has 0 bridgehead atoms. The van der Waals surface area contributed by atoms with Gasteiger partial charge in [-0.1, -0.05) is 91.3 Å². The number of fused-ring (bicyclic) bond motifs is 1. The molecular formula is C42H66O7Si2. The first-order valence-corrected chi connectivity index (χ1v) is 24.0. The van der Waals surface area contributed by atoms with Crippen molar-refractivity contribution in [2.45, 2.75) is 158 Å². The summed E-state index contributed by atoms with van der Waals surface area (Å²) < 4.78 is 32.7. The summed E-state index contributed by atoms with van der Waals surface area (Å²) in [5.41, 5.74) is 2.54. The zero-order valence-corrected chi connectivity index (χ0v) is 36.0. The average molecular weight is 739 g/mol. The Kier molecular flexibility index (Phi) is 13.4. The van der Waals surface area contributed by atoms with Gasteiger partial charge in [0.25, 0.3) is 0 Å². The Morgan fingerprint density at radius 2 is 1.71 bits per heavy atom. The number of ether oxygens (including phenoxy) is 3. The smallest absolute Gasteiger partial charge is 0.347 e. The van der Waals surface area contributed by atoms with Gasteiger partial charge in [0.15, 0.2) is 6.10 Å². The molecular weight excluding hydrogens is 673 g/mol. The van der Waals surface area contributed by atoms with Gasteiger partial charge in [0.2, 0.25) is 18.1 Å². The van der Waals surface area contributed by atoms with Crippen molar-refractivity contribution in [1.82, 2.24) is 0 Å². The molecule has 1 saturated heterocycles. The van der Waals surface area contributed by atoms with E-state index < -0.39 is 42.0 Å². The maximum Gasteiger partial charge on any atom is 0.347 e. The van der Waals surface area contributed by atoms with Crippen molar-refractivity contribution < 1.29 is 32.7 Å². The Labute approximate surface area is 312 Å². The predicted molar refractivity (Wildman–Crippen MR) is 208 cm³/mol. The van der Waals surface area contributed by atoms with Crippen molar-refractivity contribution in [2.75, 3.05) is 0 Å². The molecule has 2 unspecified atom stereocenters. The molecule has 1 aliphatic heterocycles. The predicted octanol–water partition coefficient (Wildman–Crippen LogP) is 9.59. The molecule has 51 heavy (non-hydrogen) atoms. The van der Waals surface area contributed by atoms with Gasteiger partial charge in [-0.3, -0.25) is 0 Å². The first kappa shape index (κ1) is 41.5. The molecule has 7 nitrogen and oxygen atoms in total. The van der Waals surface area contributed by atoms with Crippen LogP contribution in [0.25, 0.3) is 0 Å². The van der Waals surface area contributed by atoms with Crippen molar-refractivity contribution >= 4 is 30.0 Å². The molecule has 2 aliphatic carbocycles. The van der Waals surface area contributed by atoms with Crippen LogP contribution in [0.4, 0.5) is 0 Å². The molecule has 1 aromatic rings. The molecule has 0 N–H and O–H groups in total. The van der Waals surface area contributed by atoms with Crippen molar-refractivity contribution in [3.63, 3.8) is 0 Å². The second-order valence-electron chi connectivity index (χ2n) is 18.0. The van der Waals surface area contributed by atoms with Gasteiger partial charge in [-0.05, 0) is 106 Å². The first-order chi connectivity index (χ1) is 23.7. The van der Waals surface area contributed by atoms with E-state index in [1.807, 2.05) is 26.0 Å². The van der Waals surface area contributed by atoms with E-state index in [1.165, 1.54) is 5.57 Å². The highest BCUT2D eigenvalue weighted by Crippen LogP contribution is 2.53. The fraction of sp³-hybridized carbons (Fsp3) is 0.714. The van der Waals surface area contributed by atoms with Crippen LogP contribution in [0.15, 0.2) is 42.0 Å². The second-order valence-corrected chi connectivity index (χ2v) is 22.0. The summed E-state index contributed by atoms with van der Waals surface area (Å²) in [6, 6.07) is 6.02. The van der Waals surface area contributed by atoms with E-state index in [0.717, 1.165) is 17.5 Å². The van der Waals surface area contributed by atoms with E-state index in [-0.39, 0.29) is 52.5 Å². The van der Waals surface area contributed by atoms with Crippen LogP contribution in [0, 0.1) is 48.3 Å². The molecule has 3 aliphatic rings. The number of hydrogen-bond acceptors (Lipinski definition) is 7. The molecule has 9 heteroatoms. The summed E-state index contributed by atoms with van der Waals surface area (Å²) in [7, 11) is -2.29. The number of benzene rings is 1. The third kappa shape index (κ3) is 9.87. The Morgan fingerprint density at radius 3 is 2.27 bits per heavy atom. The van der Waals surface area contributed by atoms with Crippen molar-refractivity contribution in [2.24, 2.45) is 34.5 Å². The minimum Gasteiger partial charge on any atom is -0.478 e. The quantitative estimate of drug-likeness (QED) is 0.156. The Morgan fingerprint density at radius 1 is 1.02 bits per heavy atom. The molecule has 1 fully saturated rings. The van der Waals surface area contributed by atoms with Crippen LogP contribution in [0.2, 0.25) is 26.2 Å². The third-order valence-corrected chi connectivity index (χ3v) is 12.7. The highest BCUT2D eigenvalue weighted by Gasteiger charge is 2.55. The Hall–Kier alpha value is -2.21. The van der Waals surface area contributed by atoms with Crippen molar-refractivity contribution in [3.05, 3.63) is 53.1 Å². The molecule has 4 rings (SSSR count). The van der Waals surface area contributed by atoms with Crippen molar-refractivity contribution in [3.8, 4) is 5.75 Å². The van der Waals surface area contributed by atoms with Crippen LogP contribution in [0.5, 0.6) is 5.75 Å². The third-order valence-electron chi connectivity index (χ3n) is 11.2. The number of allylic oxidation sites excluding steroid dienone is 2. The first-order valence-electron chi connectivity index (χ1n) is 19.2. The van der Waals surface area contributed by atoms with Gasteiger partial charge < -0.3 is 23.1 Å². The number of hydrogen-bond donors (Lipinski definition) is 0. The zero-order chi connectivity index (χ0) is 38.1. The minimum absolute atomic E-state index is 0.0257. The number of aryl methyl sites for hydroxylation is 2. The zero-order valence-electron chi connectivity index (χ0n) is 34.0. The number of cyclic esters (lactones) is 1. The highest BCUT2D eigenvalue weighted by molar-refractivity contribution is 6.49. The van der Waals surface area contributed by atoms with E-state index in [0.29, 0.717) is 31.4 Å². The number of carbonyl (C=O) groups is 2. The topological polar surface area (TPSA) is 80.3 Å². The molecule has 1 heterocycles. The van der Waals surface area contributed by atoms with E-state index in [1.54, 1.807) is 0 Å². The monoisotopic (exact) mass is 738 g/mol. The lowest BCUT2D eigenvalue weighted by Crippen LogP contribution is -2.58. The van der Waals surface area contributed by atoms with Gasteiger partial charge in [0.05, 0.1) is 5.60 Å². The van der Waals surface area contributed by atoms with Gasteiger partial charge in [-0.2, -0.15) is 0 Å². The molecule has 1 aromatic carbocycles. The number of rotatable bonds is 12. The van der Waals surface area contributed by atoms with Crippen LogP contribution >= 0.6 is 0 Å². The summed E-state index contributed by atoms with van der Waals surface area (Å²) in [5, 5.41) is 0. The van der Waals surface area contributed by atoms with Crippen LogP contribution < -0.4 is 4.74 Å². The lowest BCUT2D eigenvalue weighted by Gasteiger charge is -2.54. The van der Waals surface area contributed by atoms with E-state index >= 15 is 0 Å². The van der Waals surface area contributed by atoms with Gasteiger partial charge in [0.1, 0.15) is 24.1 Å². The molecule has 284 valence electrons. The summed E-state index contributed by atoms with van der Waals surface area (Å²) in [5.74, 6) is 0.271. The normalized spacial score (nSPS) is 30.5. The SMILES string of the molecule is CCC(Oc1ccc(C)cc1C)C(=O)O[C@H]1C[C@H](C(C)(C)C)C=C2C=C[C@H](C)[C@](CC[C@@H]3C[C@H](C(C)(C)C)C(O[Si](C)C)C(=O)O3)(O[Si](C)C)[C@H]21.